The fourth-order valence-corrected chi connectivity index (χ4v) is 2.25. The number of ether oxygens (including phenoxy) is 1. The van der Waals surface area contributed by atoms with E-state index in [0.29, 0.717) is 17.3 Å². The van der Waals surface area contributed by atoms with Crippen molar-refractivity contribution in [1.82, 2.24) is 9.78 Å². The van der Waals surface area contributed by atoms with Gasteiger partial charge in [0.2, 0.25) is 5.88 Å². The molecule has 1 aromatic carbocycles. The molecule has 0 saturated heterocycles. The lowest BCUT2D eigenvalue weighted by molar-refractivity contribution is 0.102. The normalized spacial score (nSPS) is 10.3. The summed E-state index contributed by atoms with van der Waals surface area (Å²) in [5.74, 6) is 0.261. The van der Waals surface area contributed by atoms with E-state index in [1.54, 1.807) is 13.1 Å². The summed E-state index contributed by atoms with van der Waals surface area (Å²) in [5.41, 5.74) is 2.14. The van der Waals surface area contributed by atoms with Gasteiger partial charge in [-0.3, -0.25) is 4.79 Å². The molecular weight excluding hydrogens is 310 g/mol. The van der Waals surface area contributed by atoms with Gasteiger partial charge < -0.3 is 10.1 Å². The van der Waals surface area contributed by atoms with Crippen LogP contribution in [0.15, 0.2) is 28.7 Å². The zero-order chi connectivity index (χ0) is 14.0. The monoisotopic (exact) mass is 323 g/mol. The maximum atomic E-state index is 12.1. The van der Waals surface area contributed by atoms with Crippen molar-refractivity contribution in [2.75, 3.05) is 12.4 Å². The fourth-order valence-electron chi connectivity index (χ4n) is 1.66. The summed E-state index contributed by atoms with van der Waals surface area (Å²) >= 11 is 3.42. The average Bonchev–Trinajstić information content (AvgIpc) is 2.74. The predicted octanol–water partition coefficient (Wildman–Crippen LogP) is 2.75. The smallest absolute Gasteiger partial charge is 0.276 e. The van der Waals surface area contributed by atoms with Crippen LogP contribution in [0.25, 0.3) is 0 Å². The molecule has 0 atom stereocenters. The molecule has 19 heavy (non-hydrogen) atoms. The number of halogens is 1. The highest BCUT2D eigenvalue weighted by atomic mass is 79.9. The topological polar surface area (TPSA) is 56.1 Å². The van der Waals surface area contributed by atoms with Crippen LogP contribution in [0.4, 0.5) is 5.69 Å². The first-order chi connectivity index (χ1) is 9.01. The van der Waals surface area contributed by atoms with Crippen molar-refractivity contribution in [1.29, 1.82) is 0 Å². The first-order valence-corrected chi connectivity index (χ1v) is 6.46. The summed E-state index contributed by atoms with van der Waals surface area (Å²) in [6.45, 7) is 1.99. The molecule has 0 aliphatic heterocycles. The summed E-state index contributed by atoms with van der Waals surface area (Å²) in [6.07, 6.45) is 0. The molecule has 0 fully saturated rings. The second-order valence-electron chi connectivity index (χ2n) is 4.13. The molecule has 0 aliphatic rings. The van der Waals surface area contributed by atoms with Gasteiger partial charge in [0, 0.05) is 17.6 Å². The minimum absolute atomic E-state index is 0.275. The molecule has 0 saturated carbocycles. The number of hydrogen-bond acceptors (Lipinski definition) is 3. The zero-order valence-electron chi connectivity index (χ0n) is 10.9. The Kier molecular flexibility index (Phi) is 3.90. The van der Waals surface area contributed by atoms with Gasteiger partial charge in [0.05, 0.1) is 12.8 Å². The van der Waals surface area contributed by atoms with E-state index in [-0.39, 0.29) is 5.91 Å². The Balaban J connectivity index is 2.20. The van der Waals surface area contributed by atoms with Crippen molar-refractivity contribution >= 4 is 27.5 Å². The largest absolute Gasteiger partial charge is 0.481 e. The van der Waals surface area contributed by atoms with E-state index in [0.717, 1.165) is 10.0 Å². The molecule has 0 unspecified atom stereocenters. The Morgan fingerprint density at radius 2 is 2.16 bits per heavy atom. The highest BCUT2D eigenvalue weighted by Gasteiger charge is 2.14. The number of aromatic nitrogens is 2. The second kappa shape index (κ2) is 5.44. The fraction of sp³-hybridized carbons (Fsp3) is 0.231. The highest BCUT2D eigenvalue weighted by molar-refractivity contribution is 9.10. The van der Waals surface area contributed by atoms with Gasteiger partial charge in [-0.25, -0.2) is 4.68 Å². The first kappa shape index (κ1) is 13.6. The van der Waals surface area contributed by atoms with Gasteiger partial charge in [-0.2, -0.15) is 5.10 Å². The van der Waals surface area contributed by atoms with Crippen LogP contribution in [0.5, 0.6) is 5.88 Å². The maximum absolute atomic E-state index is 12.1. The van der Waals surface area contributed by atoms with Gasteiger partial charge in [-0.15, -0.1) is 0 Å². The van der Waals surface area contributed by atoms with Crippen LogP contribution in [0, 0.1) is 6.92 Å². The van der Waals surface area contributed by atoms with Gasteiger partial charge in [-0.1, -0.05) is 6.07 Å². The Morgan fingerprint density at radius 1 is 1.42 bits per heavy atom. The van der Waals surface area contributed by atoms with Crippen LogP contribution in [0.3, 0.4) is 0 Å². The van der Waals surface area contributed by atoms with Crippen LogP contribution in [0.2, 0.25) is 0 Å². The first-order valence-electron chi connectivity index (χ1n) is 5.67. The van der Waals surface area contributed by atoms with Crippen LogP contribution in [-0.4, -0.2) is 22.8 Å². The minimum Gasteiger partial charge on any atom is -0.481 e. The lowest BCUT2D eigenvalue weighted by atomic mass is 10.2. The lowest BCUT2D eigenvalue weighted by Crippen LogP contribution is -2.13. The number of aryl methyl sites for hydroxylation is 2. The van der Waals surface area contributed by atoms with Crippen molar-refractivity contribution in [3.8, 4) is 5.88 Å². The Morgan fingerprint density at radius 3 is 2.74 bits per heavy atom. The summed E-state index contributed by atoms with van der Waals surface area (Å²) in [5, 5.41) is 6.89. The SMILES string of the molecule is COc1cc(C(=O)Nc2ccc(C)cc2Br)nn1C. The Hall–Kier alpha value is -1.82. The zero-order valence-corrected chi connectivity index (χ0v) is 12.5. The number of amides is 1. The van der Waals surface area contributed by atoms with Crippen molar-refractivity contribution in [2.45, 2.75) is 6.92 Å². The summed E-state index contributed by atoms with van der Waals surface area (Å²) in [7, 11) is 3.26. The van der Waals surface area contributed by atoms with E-state index < -0.39 is 0 Å². The number of benzene rings is 1. The predicted molar refractivity (Wildman–Crippen MR) is 76.6 cm³/mol. The number of methoxy groups -OCH3 is 1. The minimum atomic E-state index is -0.275. The molecule has 0 spiro atoms. The van der Waals surface area contributed by atoms with Gasteiger partial charge in [0.15, 0.2) is 5.69 Å². The molecule has 100 valence electrons. The van der Waals surface area contributed by atoms with E-state index in [2.05, 4.69) is 26.3 Å². The summed E-state index contributed by atoms with van der Waals surface area (Å²) in [4.78, 5) is 12.1. The quantitative estimate of drug-likeness (QED) is 0.944. The molecule has 1 N–H and O–H groups in total. The molecule has 1 aromatic heterocycles. The number of hydrogen-bond donors (Lipinski definition) is 1. The Labute approximate surface area is 119 Å². The van der Waals surface area contributed by atoms with E-state index in [9.17, 15) is 4.79 Å². The number of carbonyl (C=O) groups excluding carboxylic acids is 1. The molecule has 6 heteroatoms. The second-order valence-corrected chi connectivity index (χ2v) is 4.99. The standard InChI is InChI=1S/C13H14BrN3O2/c1-8-4-5-10(9(14)6-8)15-13(18)11-7-12(19-3)17(2)16-11/h4-7H,1-3H3,(H,15,18). The Bertz CT molecular complexity index is 622. The van der Waals surface area contributed by atoms with E-state index in [1.807, 2.05) is 25.1 Å². The molecule has 0 bridgehead atoms. The number of nitrogens with one attached hydrogen (secondary N) is 1. The van der Waals surface area contributed by atoms with Crippen LogP contribution >= 0.6 is 15.9 Å². The molecule has 2 rings (SSSR count). The third-order valence-corrected chi connectivity index (χ3v) is 3.31. The number of anilines is 1. The molecule has 0 aliphatic carbocycles. The summed E-state index contributed by atoms with van der Waals surface area (Å²) in [6, 6.07) is 7.31. The van der Waals surface area contributed by atoms with Crippen molar-refractivity contribution in [3.63, 3.8) is 0 Å². The van der Waals surface area contributed by atoms with Gasteiger partial charge in [-0.05, 0) is 40.5 Å². The van der Waals surface area contributed by atoms with Gasteiger partial charge in [0.1, 0.15) is 0 Å². The van der Waals surface area contributed by atoms with Crippen molar-refractivity contribution in [2.24, 2.45) is 7.05 Å². The summed E-state index contributed by atoms with van der Waals surface area (Å²) < 4.78 is 7.43. The molecule has 1 heterocycles. The highest BCUT2D eigenvalue weighted by Crippen LogP contribution is 2.24. The third-order valence-electron chi connectivity index (χ3n) is 2.65. The van der Waals surface area contributed by atoms with E-state index in [1.165, 1.54) is 11.8 Å². The van der Waals surface area contributed by atoms with Gasteiger partial charge >= 0.3 is 0 Å². The molecule has 0 radical (unpaired) electrons. The van der Waals surface area contributed by atoms with E-state index in [4.69, 9.17) is 4.74 Å². The third kappa shape index (κ3) is 2.96. The molecule has 1 amide bonds. The van der Waals surface area contributed by atoms with Crippen LogP contribution < -0.4 is 10.1 Å². The molecular formula is C13H14BrN3O2. The average molecular weight is 324 g/mol. The van der Waals surface area contributed by atoms with Crippen molar-refractivity contribution in [3.05, 3.63) is 40.0 Å². The number of carbonyl (C=O) groups is 1. The van der Waals surface area contributed by atoms with Gasteiger partial charge in [0.25, 0.3) is 5.91 Å². The van der Waals surface area contributed by atoms with Crippen molar-refractivity contribution < 1.29 is 9.53 Å². The molecule has 2 aromatic rings. The molecule has 5 nitrogen and oxygen atoms in total. The van der Waals surface area contributed by atoms with Crippen LogP contribution in [-0.2, 0) is 7.05 Å². The van der Waals surface area contributed by atoms with E-state index >= 15 is 0 Å². The number of rotatable bonds is 3. The number of nitrogens with zero attached hydrogens (tertiary/aromatic N) is 2. The van der Waals surface area contributed by atoms with Crippen LogP contribution in [0.1, 0.15) is 16.1 Å². The lowest BCUT2D eigenvalue weighted by Gasteiger charge is -2.06. The maximum Gasteiger partial charge on any atom is 0.276 e.